The van der Waals surface area contributed by atoms with E-state index in [4.69, 9.17) is 4.74 Å². The van der Waals surface area contributed by atoms with E-state index in [2.05, 4.69) is 35.8 Å². The summed E-state index contributed by atoms with van der Waals surface area (Å²) in [5.74, 6) is 2.09. The Kier molecular flexibility index (Phi) is 5.50. The lowest BCUT2D eigenvalue weighted by Gasteiger charge is -2.34. The van der Waals surface area contributed by atoms with Gasteiger partial charge in [-0.15, -0.1) is 0 Å². The van der Waals surface area contributed by atoms with Crippen molar-refractivity contribution >= 4 is 15.9 Å². The minimum atomic E-state index is 0.231. The Balaban J connectivity index is 1.92. The predicted molar refractivity (Wildman–Crippen MR) is 102 cm³/mol. The van der Waals surface area contributed by atoms with Gasteiger partial charge in [-0.25, -0.2) is 0 Å². The average molecular weight is 389 g/mol. The average Bonchev–Trinajstić information content (AvgIpc) is 2.63. The number of aromatic hydroxyl groups is 1. The van der Waals surface area contributed by atoms with E-state index in [1.54, 1.807) is 0 Å². The molecular formula is C21H25BrO2. The van der Waals surface area contributed by atoms with Gasteiger partial charge in [0, 0.05) is 0 Å². The first-order chi connectivity index (χ1) is 11.7. The Hall–Kier alpha value is -1.48. The van der Waals surface area contributed by atoms with Crippen LogP contribution in [0.25, 0.3) is 0 Å². The zero-order valence-corrected chi connectivity index (χ0v) is 16.0. The van der Waals surface area contributed by atoms with Crippen molar-refractivity contribution in [2.75, 3.05) is 0 Å². The van der Waals surface area contributed by atoms with Crippen molar-refractivity contribution in [3.8, 4) is 11.5 Å². The van der Waals surface area contributed by atoms with Gasteiger partial charge in [0.2, 0.25) is 0 Å². The third kappa shape index (κ3) is 3.32. The van der Waals surface area contributed by atoms with Crippen LogP contribution in [0.15, 0.2) is 40.9 Å². The fraction of sp³-hybridized carbons (Fsp3) is 0.429. The van der Waals surface area contributed by atoms with Gasteiger partial charge in [-0.2, -0.15) is 0 Å². The molecule has 0 spiro atoms. The minimum Gasteiger partial charge on any atom is -0.503 e. The van der Waals surface area contributed by atoms with Crippen molar-refractivity contribution < 1.29 is 9.84 Å². The van der Waals surface area contributed by atoms with E-state index in [0.717, 1.165) is 28.8 Å². The third-order valence-electron chi connectivity index (χ3n) is 5.28. The summed E-state index contributed by atoms with van der Waals surface area (Å²) in [6.07, 6.45) is 4.55. The third-order valence-corrected chi connectivity index (χ3v) is 6.13. The SMILES string of the molecule is CCC1CCc2c(cc(OCc3ccccc3)c(O)c2Br)C1CC. The van der Waals surface area contributed by atoms with Crippen molar-refractivity contribution in [1.29, 1.82) is 0 Å². The number of hydrogen-bond acceptors (Lipinski definition) is 2. The number of benzene rings is 2. The summed E-state index contributed by atoms with van der Waals surface area (Å²) in [6, 6.07) is 12.1. The summed E-state index contributed by atoms with van der Waals surface area (Å²) in [7, 11) is 0. The first-order valence-electron chi connectivity index (χ1n) is 8.86. The molecule has 1 N–H and O–H groups in total. The molecule has 1 aliphatic rings. The highest BCUT2D eigenvalue weighted by Gasteiger charge is 2.30. The van der Waals surface area contributed by atoms with Gasteiger partial charge in [-0.3, -0.25) is 0 Å². The summed E-state index contributed by atoms with van der Waals surface area (Å²) in [5.41, 5.74) is 3.71. The molecule has 2 atom stereocenters. The van der Waals surface area contributed by atoms with E-state index in [9.17, 15) is 5.11 Å². The molecule has 2 aromatic carbocycles. The standard InChI is InChI=1S/C21H25BrO2/c1-3-15-10-11-17-18(16(15)4-2)12-19(21(23)20(17)22)24-13-14-8-6-5-7-9-14/h5-9,12,15-16,23H,3-4,10-11,13H2,1-2H3. The van der Waals surface area contributed by atoms with Crippen molar-refractivity contribution in [1.82, 2.24) is 0 Å². The molecule has 0 radical (unpaired) electrons. The van der Waals surface area contributed by atoms with Crippen LogP contribution in [-0.2, 0) is 13.0 Å². The van der Waals surface area contributed by atoms with Crippen molar-refractivity contribution in [3.63, 3.8) is 0 Å². The van der Waals surface area contributed by atoms with Gasteiger partial charge in [-0.05, 0) is 69.8 Å². The number of phenols is 1. The van der Waals surface area contributed by atoms with Gasteiger partial charge < -0.3 is 9.84 Å². The monoisotopic (exact) mass is 388 g/mol. The van der Waals surface area contributed by atoms with Crippen molar-refractivity contribution in [2.24, 2.45) is 5.92 Å². The smallest absolute Gasteiger partial charge is 0.172 e. The predicted octanol–water partition coefficient (Wildman–Crippen LogP) is 6.20. The molecule has 0 heterocycles. The van der Waals surface area contributed by atoms with Crippen LogP contribution in [0.2, 0.25) is 0 Å². The molecule has 128 valence electrons. The lowest BCUT2D eigenvalue weighted by molar-refractivity contribution is 0.284. The second-order valence-corrected chi connectivity index (χ2v) is 7.39. The van der Waals surface area contributed by atoms with E-state index in [1.807, 2.05) is 30.3 Å². The number of hydrogen-bond donors (Lipinski definition) is 1. The first-order valence-corrected chi connectivity index (χ1v) is 9.65. The molecule has 0 bridgehead atoms. The second-order valence-electron chi connectivity index (χ2n) is 6.60. The summed E-state index contributed by atoms with van der Waals surface area (Å²) < 4.78 is 6.77. The fourth-order valence-electron chi connectivity index (χ4n) is 3.93. The topological polar surface area (TPSA) is 29.5 Å². The van der Waals surface area contributed by atoms with Gasteiger partial charge >= 0.3 is 0 Å². The van der Waals surface area contributed by atoms with Gasteiger partial charge in [0.15, 0.2) is 11.5 Å². The van der Waals surface area contributed by atoms with Crippen LogP contribution in [0.4, 0.5) is 0 Å². The number of rotatable bonds is 5. The summed E-state index contributed by atoms with van der Waals surface area (Å²) >= 11 is 3.61. The Morgan fingerprint density at radius 1 is 1.17 bits per heavy atom. The molecule has 0 saturated carbocycles. The van der Waals surface area contributed by atoms with Gasteiger partial charge in [0.25, 0.3) is 0 Å². The lowest BCUT2D eigenvalue weighted by Crippen LogP contribution is -2.20. The molecule has 0 saturated heterocycles. The fourth-order valence-corrected chi connectivity index (χ4v) is 4.55. The molecular weight excluding hydrogens is 364 g/mol. The number of phenolic OH excluding ortho intramolecular Hbond substituents is 1. The molecule has 0 aliphatic heterocycles. The number of halogens is 1. The number of ether oxygens (including phenoxy) is 1. The maximum atomic E-state index is 10.5. The van der Waals surface area contributed by atoms with E-state index < -0.39 is 0 Å². The molecule has 3 heteroatoms. The van der Waals surface area contributed by atoms with E-state index >= 15 is 0 Å². The Morgan fingerprint density at radius 3 is 2.58 bits per heavy atom. The highest BCUT2D eigenvalue weighted by molar-refractivity contribution is 9.10. The molecule has 24 heavy (non-hydrogen) atoms. The van der Waals surface area contributed by atoms with Crippen LogP contribution in [0, 0.1) is 5.92 Å². The van der Waals surface area contributed by atoms with Crippen LogP contribution in [-0.4, -0.2) is 5.11 Å². The quantitative estimate of drug-likeness (QED) is 0.660. The molecule has 0 fully saturated rings. The zero-order chi connectivity index (χ0) is 17.1. The first kappa shape index (κ1) is 17.3. The van der Waals surface area contributed by atoms with Crippen LogP contribution in [0.5, 0.6) is 11.5 Å². The van der Waals surface area contributed by atoms with Crippen LogP contribution in [0.1, 0.15) is 55.7 Å². The van der Waals surface area contributed by atoms with Crippen molar-refractivity contribution in [2.45, 2.75) is 52.1 Å². The number of fused-ring (bicyclic) bond motifs is 1. The summed E-state index contributed by atoms with van der Waals surface area (Å²) in [6.45, 7) is 5.00. The summed E-state index contributed by atoms with van der Waals surface area (Å²) in [5, 5.41) is 10.5. The van der Waals surface area contributed by atoms with Crippen molar-refractivity contribution in [3.05, 3.63) is 57.6 Å². The van der Waals surface area contributed by atoms with Gasteiger partial charge in [0.1, 0.15) is 6.61 Å². The molecule has 0 amide bonds. The Morgan fingerprint density at radius 2 is 1.92 bits per heavy atom. The lowest BCUT2D eigenvalue weighted by atomic mass is 9.72. The summed E-state index contributed by atoms with van der Waals surface area (Å²) in [4.78, 5) is 0. The molecule has 3 rings (SSSR count). The van der Waals surface area contributed by atoms with Crippen LogP contribution >= 0.6 is 15.9 Å². The molecule has 2 unspecified atom stereocenters. The normalized spacial score (nSPS) is 19.8. The van der Waals surface area contributed by atoms with E-state index in [-0.39, 0.29) is 5.75 Å². The molecule has 2 nitrogen and oxygen atoms in total. The second kappa shape index (κ2) is 7.60. The molecule has 2 aromatic rings. The maximum absolute atomic E-state index is 10.5. The highest BCUT2D eigenvalue weighted by Crippen LogP contribution is 2.48. The zero-order valence-electron chi connectivity index (χ0n) is 14.4. The van der Waals surface area contributed by atoms with E-state index in [1.165, 1.54) is 24.0 Å². The van der Waals surface area contributed by atoms with Crippen LogP contribution in [0.3, 0.4) is 0 Å². The molecule has 1 aliphatic carbocycles. The van der Waals surface area contributed by atoms with Gasteiger partial charge in [0.05, 0.1) is 4.47 Å². The van der Waals surface area contributed by atoms with Gasteiger partial charge in [-0.1, -0.05) is 50.6 Å². The minimum absolute atomic E-state index is 0.231. The van der Waals surface area contributed by atoms with Crippen LogP contribution < -0.4 is 4.74 Å². The Bertz CT molecular complexity index is 697. The largest absolute Gasteiger partial charge is 0.503 e. The Labute approximate surface area is 153 Å². The van der Waals surface area contributed by atoms with E-state index in [0.29, 0.717) is 18.3 Å². The molecule has 0 aromatic heterocycles. The highest BCUT2D eigenvalue weighted by atomic mass is 79.9. The maximum Gasteiger partial charge on any atom is 0.172 e.